The Labute approximate surface area is 295 Å². The number of benzene rings is 6. The van der Waals surface area contributed by atoms with Gasteiger partial charge >= 0.3 is 0 Å². The second-order valence-corrected chi connectivity index (χ2v) is 13.3. The fourth-order valence-electron chi connectivity index (χ4n) is 8.48. The van der Waals surface area contributed by atoms with Crippen molar-refractivity contribution in [1.29, 1.82) is 0 Å². The van der Waals surface area contributed by atoms with E-state index in [1.165, 1.54) is 0 Å². The molecular weight excluding hydrogens is 641 g/mol. The highest BCUT2D eigenvalue weighted by Gasteiger charge is 2.27. The zero-order valence-electron chi connectivity index (χ0n) is 27.6. The van der Waals surface area contributed by atoms with E-state index in [0.29, 0.717) is 0 Å². The van der Waals surface area contributed by atoms with Gasteiger partial charge in [0, 0.05) is 61.0 Å². The fourth-order valence-corrected chi connectivity index (χ4v) is 8.48. The molecule has 0 radical (unpaired) electrons. The van der Waals surface area contributed by atoms with Gasteiger partial charge in [-0.05, 0) is 48.0 Å². The third-order valence-electron chi connectivity index (χ3n) is 10.6. The number of nitrogens with zero attached hydrogens (tertiary/aromatic N) is 4. The van der Waals surface area contributed by atoms with Gasteiger partial charge in [-0.2, -0.15) is 0 Å². The summed E-state index contributed by atoms with van der Waals surface area (Å²) in [5, 5.41) is 8.74. The third kappa shape index (κ3) is 3.57. The lowest BCUT2D eigenvalue weighted by atomic mass is 9.97. The van der Waals surface area contributed by atoms with E-state index >= 15 is 0 Å². The molecule has 0 aliphatic carbocycles. The van der Waals surface area contributed by atoms with Crippen LogP contribution in [0.4, 0.5) is 0 Å². The van der Waals surface area contributed by atoms with Crippen molar-refractivity contribution in [2.24, 2.45) is 0 Å². The highest BCUT2D eigenvalue weighted by Crippen LogP contribution is 2.47. The van der Waals surface area contributed by atoms with Crippen LogP contribution >= 0.6 is 0 Å². The van der Waals surface area contributed by atoms with Crippen LogP contribution in [0.5, 0.6) is 0 Å². The van der Waals surface area contributed by atoms with Crippen LogP contribution in [0, 0.1) is 0 Å². The monoisotopic (exact) mass is 666 g/mol. The first-order valence-electron chi connectivity index (χ1n) is 17.4. The van der Waals surface area contributed by atoms with Gasteiger partial charge in [0.15, 0.2) is 22.8 Å². The molecule has 0 N–H and O–H groups in total. The van der Waals surface area contributed by atoms with Crippen LogP contribution in [0.2, 0.25) is 0 Å². The minimum Gasteiger partial charge on any atom is -0.452 e. The first-order chi connectivity index (χ1) is 25.8. The zero-order chi connectivity index (χ0) is 33.9. The molecule has 6 aromatic heterocycles. The maximum atomic E-state index is 6.65. The molecule has 0 unspecified atom stereocenters. The Morgan fingerprint density at radius 3 is 1.35 bits per heavy atom. The maximum Gasteiger partial charge on any atom is 0.181 e. The molecule has 0 atom stereocenters. The summed E-state index contributed by atoms with van der Waals surface area (Å²) in [6.45, 7) is 0. The van der Waals surface area contributed by atoms with Crippen LogP contribution in [0.1, 0.15) is 0 Å². The SMILES string of the molecule is c1ccc(-c2c3c(cc4c5ccccc5n(-c5nccc6c5oc5ccccc56)c24)c2ccccc2n3-c2nccc3c2oc2ccccc23)cc1. The number of aromatic nitrogens is 4. The van der Waals surface area contributed by atoms with E-state index in [-0.39, 0.29) is 0 Å². The Morgan fingerprint density at radius 2 is 0.827 bits per heavy atom. The van der Waals surface area contributed by atoms with E-state index in [9.17, 15) is 0 Å². The molecule has 6 heterocycles. The van der Waals surface area contributed by atoms with Crippen molar-refractivity contribution >= 4 is 87.5 Å². The van der Waals surface area contributed by atoms with Gasteiger partial charge in [0.2, 0.25) is 0 Å². The minimum atomic E-state index is 0.747. The summed E-state index contributed by atoms with van der Waals surface area (Å²) in [7, 11) is 0. The molecule has 6 nitrogen and oxygen atoms in total. The summed E-state index contributed by atoms with van der Waals surface area (Å²) in [6, 6.07) is 50.7. The highest BCUT2D eigenvalue weighted by atomic mass is 16.3. The lowest BCUT2D eigenvalue weighted by molar-refractivity contribution is 0.663. The topological polar surface area (TPSA) is 61.9 Å². The summed E-state index contributed by atoms with van der Waals surface area (Å²) in [4.78, 5) is 10.2. The molecule has 0 amide bonds. The van der Waals surface area contributed by atoms with E-state index < -0.39 is 0 Å². The zero-order valence-corrected chi connectivity index (χ0v) is 27.6. The van der Waals surface area contributed by atoms with E-state index in [1.807, 2.05) is 48.8 Å². The first-order valence-corrected chi connectivity index (χ1v) is 17.4. The molecule has 6 heteroatoms. The van der Waals surface area contributed by atoms with Crippen LogP contribution in [0.25, 0.3) is 110 Å². The lowest BCUT2D eigenvalue weighted by Gasteiger charge is -2.15. The number of fused-ring (bicyclic) bond motifs is 12. The van der Waals surface area contributed by atoms with Crippen molar-refractivity contribution in [2.45, 2.75) is 0 Å². The predicted molar refractivity (Wildman–Crippen MR) is 211 cm³/mol. The molecule has 52 heavy (non-hydrogen) atoms. The third-order valence-corrected chi connectivity index (χ3v) is 10.6. The van der Waals surface area contributed by atoms with Gasteiger partial charge in [-0.3, -0.25) is 9.13 Å². The van der Waals surface area contributed by atoms with Crippen LogP contribution in [0.3, 0.4) is 0 Å². The molecule has 0 saturated carbocycles. The summed E-state index contributed by atoms with van der Waals surface area (Å²) >= 11 is 0. The number of furan rings is 2. The Morgan fingerprint density at radius 1 is 0.385 bits per heavy atom. The number of hydrogen-bond acceptors (Lipinski definition) is 4. The van der Waals surface area contributed by atoms with Gasteiger partial charge in [0.1, 0.15) is 11.2 Å². The van der Waals surface area contributed by atoms with Gasteiger partial charge in [-0.15, -0.1) is 0 Å². The standard InChI is InChI=1S/C46H26N4O2/c1-2-12-27(13-3-1)40-41-34(28-14-4-8-18-36(28)49(41)45-43-32(22-24-47-45)30-16-6-10-20-38(30)51-43)26-35-29-15-5-9-19-37(29)50(42(35)40)46-44-33(23-25-48-46)31-17-7-11-21-39(31)52-44/h1-26H. The van der Waals surface area contributed by atoms with Crippen molar-refractivity contribution in [3.8, 4) is 22.8 Å². The van der Waals surface area contributed by atoms with Gasteiger partial charge in [0.25, 0.3) is 0 Å². The van der Waals surface area contributed by atoms with E-state index in [0.717, 1.165) is 110 Å². The van der Waals surface area contributed by atoms with E-state index in [2.05, 4.69) is 118 Å². The van der Waals surface area contributed by atoms with Crippen molar-refractivity contribution in [3.05, 3.63) is 158 Å². The molecule has 0 spiro atoms. The Balaban J connectivity index is 1.34. The van der Waals surface area contributed by atoms with E-state index in [1.54, 1.807) is 0 Å². The molecule has 0 saturated heterocycles. The van der Waals surface area contributed by atoms with Gasteiger partial charge in [-0.1, -0.05) is 103 Å². The van der Waals surface area contributed by atoms with Crippen LogP contribution in [-0.4, -0.2) is 19.1 Å². The number of hydrogen-bond donors (Lipinski definition) is 0. The highest BCUT2D eigenvalue weighted by molar-refractivity contribution is 6.26. The quantitative estimate of drug-likeness (QED) is 0.188. The molecule has 0 fully saturated rings. The number of para-hydroxylation sites is 4. The first kappa shape index (κ1) is 27.6. The van der Waals surface area contributed by atoms with E-state index in [4.69, 9.17) is 18.8 Å². The second kappa shape index (κ2) is 10.2. The van der Waals surface area contributed by atoms with Crippen molar-refractivity contribution < 1.29 is 8.83 Å². The number of pyridine rings is 2. The van der Waals surface area contributed by atoms with Gasteiger partial charge in [-0.25, -0.2) is 9.97 Å². The molecule has 242 valence electrons. The molecule has 0 bridgehead atoms. The Kier molecular flexibility index (Phi) is 5.41. The molecule has 12 aromatic rings. The van der Waals surface area contributed by atoms with Crippen LogP contribution < -0.4 is 0 Å². The average molecular weight is 667 g/mol. The summed E-state index contributed by atoms with van der Waals surface area (Å²) < 4.78 is 17.9. The fraction of sp³-hybridized carbons (Fsp3) is 0. The van der Waals surface area contributed by atoms with Crippen LogP contribution in [0.15, 0.2) is 167 Å². The Hall–Kier alpha value is -7.18. The number of rotatable bonds is 3. The summed E-state index contributed by atoms with van der Waals surface area (Å²) in [5.41, 5.74) is 9.52. The molecule has 0 aliphatic rings. The Bertz CT molecular complexity index is 3210. The average Bonchev–Trinajstić information content (AvgIpc) is 3.95. The summed E-state index contributed by atoms with van der Waals surface area (Å²) in [5.74, 6) is 1.49. The summed E-state index contributed by atoms with van der Waals surface area (Å²) in [6.07, 6.45) is 3.79. The minimum absolute atomic E-state index is 0.747. The smallest absolute Gasteiger partial charge is 0.181 e. The predicted octanol–water partition coefficient (Wildman–Crippen LogP) is 12.1. The molecule has 0 aliphatic heterocycles. The lowest BCUT2D eigenvalue weighted by Crippen LogP contribution is -2.02. The largest absolute Gasteiger partial charge is 0.452 e. The second-order valence-electron chi connectivity index (χ2n) is 13.3. The molecular formula is C46H26N4O2. The molecule has 6 aromatic carbocycles. The van der Waals surface area contributed by atoms with Crippen molar-refractivity contribution in [3.63, 3.8) is 0 Å². The maximum absolute atomic E-state index is 6.65. The van der Waals surface area contributed by atoms with Gasteiger partial charge in [0.05, 0.1) is 22.1 Å². The normalized spacial score (nSPS) is 12.2. The van der Waals surface area contributed by atoms with Crippen LogP contribution in [-0.2, 0) is 0 Å². The van der Waals surface area contributed by atoms with Crippen molar-refractivity contribution in [2.75, 3.05) is 0 Å². The van der Waals surface area contributed by atoms with Crippen molar-refractivity contribution in [1.82, 2.24) is 19.1 Å². The van der Waals surface area contributed by atoms with Gasteiger partial charge < -0.3 is 8.83 Å². The molecule has 12 rings (SSSR count).